The van der Waals surface area contributed by atoms with Crippen LogP contribution in [0.4, 0.5) is 0 Å². The topological polar surface area (TPSA) is 119 Å². The first-order valence-electron chi connectivity index (χ1n) is 9.07. The van der Waals surface area contributed by atoms with Crippen molar-refractivity contribution < 1.29 is 14.0 Å². The normalized spacial score (nSPS) is 11.0. The Morgan fingerprint density at radius 2 is 1.80 bits per heavy atom. The van der Waals surface area contributed by atoms with Crippen LogP contribution in [0.1, 0.15) is 40.9 Å². The van der Waals surface area contributed by atoms with Gasteiger partial charge in [0.25, 0.3) is 17.4 Å². The van der Waals surface area contributed by atoms with E-state index in [0.717, 1.165) is 0 Å². The minimum atomic E-state index is -0.643. The van der Waals surface area contributed by atoms with E-state index < -0.39 is 11.8 Å². The molecule has 0 saturated carbocycles. The van der Waals surface area contributed by atoms with Crippen molar-refractivity contribution >= 4 is 33.9 Å². The summed E-state index contributed by atoms with van der Waals surface area (Å²) in [5.41, 5.74) is 4.56. The van der Waals surface area contributed by atoms with Gasteiger partial charge in [-0.15, -0.1) is 11.3 Å². The Bertz CT molecular complexity index is 1290. The lowest BCUT2D eigenvalue weighted by atomic mass is 10.1. The van der Waals surface area contributed by atoms with Gasteiger partial charge in [0.15, 0.2) is 16.5 Å². The molecule has 9 nitrogen and oxygen atoms in total. The molecule has 152 valence electrons. The first-order chi connectivity index (χ1) is 14.5. The lowest BCUT2D eigenvalue weighted by Crippen LogP contribution is -2.43. The molecule has 0 saturated heterocycles. The summed E-state index contributed by atoms with van der Waals surface area (Å²) in [6.07, 6.45) is 1.52. The Balaban J connectivity index is 1.56. The zero-order valence-corrected chi connectivity index (χ0v) is 16.9. The van der Waals surface area contributed by atoms with Crippen molar-refractivity contribution in [3.63, 3.8) is 0 Å². The number of hydrogen-bond acceptors (Lipinski definition) is 7. The van der Waals surface area contributed by atoms with Crippen LogP contribution in [-0.4, -0.2) is 26.6 Å². The second kappa shape index (κ2) is 7.91. The molecule has 1 aromatic carbocycles. The van der Waals surface area contributed by atoms with E-state index in [2.05, 4.69) is 20.9 Å². The van der Waals surface area contributed by atoms with Crippen LogP contribution in [-0.2, 0) is 0 Å². The van der Waals surface area contributed by atoms with E-state index in [1.165, 1.54) is 22.3 Å². The SMILES string of the molecule is CC(C)n1nc(C(=O)NNC(=O)c2csc(-c3ccco3)n2)c2ccccc2c1=O. The molecule has 0 radical (unpaired) electrons. The van der Waals surface area contributed by atoms with Crippen LogP contribution in [0.3, 0.4) is 0 Å². The van der Waals surface area contributed by atoms with Crippen molar-refractivity contribution in [1.82, 2.24) is 25.6 Å². The minimum Gasteiger partial charge on any atom is -0.462 e. The number of carbonyl (C=O) groups is 2. The van der Waals surface area contributed by atoms with Crippen LogP contribution in [0.15, 0.2) is 57.3 Å². The molecule has 0 atom stereocenters. The molecular weight excluding hydrogens is 406 g/mol. The van der Waals surface area contributed by atoms with Crippen molar-refractivity contribution in [2.75, 3.05) is 0 Å². The highest BCUT2D eigenvalue weighted by atomic mass is 32.1. The van der Waals surface area contributed by atoms with Crippen LogP contribution < -0.4 is 16.4 Å². The summed E-state index contributed by atoms with van der Waals surface area (Å²) < 4.78 is 6.51. The molecule has 0 fully saturated rings. The molecule has 4 aromatic rings. The first kappa shape index (κ1) is 19.5. The van der Waals surface area contributed by atoms with Crippen molar-refractivity contribution in [2.24, 2.45) is 0 Å². The van der Waals surface area contributed by atoms with Crippen LogP contribution in [0.5, 0.6) is 0 Å². The number of furan rings is 1. The molecule has 0 aliphatic carbocycles. The zero-order valence-electron chi connectivity index (χ0n) is 16.1. The van der Waals surface area contributed by atoms with Crippen molar-refractivity contribution in [3.05, 3.63) is 69.8 Å². The molecular formula is C20H17N5O4S. The van der Waals surface area contributed by atoms with Crippen molar-refractivity contribution in [2.45, 2.75) is 19.9 Å². The fourth-order valence-electron chi connectivity index (χ4n) is 2.85. The monoisotopic (exact) mass is 423 g/mol. The summed E-state index contributed by atoms with van der Waals surface area (Å²) >= 11 is 1.25. The van der Waals surface area contributed by atoms with Gasteiger partial charge < -0.3 is 4.42 Å². The van der Waals surface area contributed by atoms with Gasteiger partial charge in [-0.05, 0) is 32.0 Å². The van der Waals surface area contributed by atoms with E-state index in [-0.39, 0.29) is 23.0 Å². The van der Waals surface area contributed by atoms with E-state index in [9.17, 15) is 14.4 Å². The summed E-state index contributed by atoms with van der Waals surface area (Å²) in [4.78, 5) is 41.9. The number of nitrogens with zero attached hydrogens (tertiary/aromatic N) is 3. The predicted octanol–water partition coefficient (Wildman–Crippen LogP) is 2.77. The minimum absolute atomic E-state index is 0.0359. The molecule has 3 aromatic heterocycles. The lowest BCUT2D eigenvalue weighted by molar-refractivity contribution is 0.0841. The highest BCUT2D eigenvalue weighted by molar-refractivity contribution is 7.13. The highest BCUT2D eigenvalue weighted by Gasteiger charge is 2.19. The van der Waals surface area contributed by atoms with E-state index in [0.29, 0.717) is 21.5 Å². The van der Waals surface area contributed by atoms with Crippen LogP contribution in [0, 0.1) is 0 Å². The fourth-order valence-corrected chi connectivity index (χ4v) is 3.62. The molecule has 0 spiro atoms. The standard InChI is InChI=1S/C20H17N5O4S/c1-11(2)25-20(28)13-7-4-3-6-12(13)16(24-25)18(27)23-22-17(26)14-10-30-19(21-14)15-8-5-9-29-15/h3-11H,1-2H3,(H,22,26)(H,23,27). The Labute approximate surface area is 174 Å². The van der Waals surface area contributed by atoms with Crippen LogP contribution in [0.25, 0.3) is 21.5 Å². The maximum atomic E-state index is 12.7. The number of hydrogen-bond donors (Lipinski definition) is 2. The van der Waals surface area contributed by atoms with E-state index >= 15 is 0 Å². The molecule has 2 N–H and O–H groups in total. The first-order valence-corrected chi connectivity index (χ1v) is 9.95. The van der Waals surface area contributed by atoms with Crippen LogP contribution in [0.2, 0.25) is 0 Å². The molecule has 0 aliphatic heterocycles. The molecule has 0 aliphatic rings. The number of carbonyl (C=O) groups excluding carboxylic acids is 2. The van der Waals surface area contributed by atoms with E-state index in [1.807, 2.05) is 0 Å². The molecule has 0 unspecified atom stereocenters. The predicted molar refractivity (Wildman–Crippen MR) is 111 cm³/mol. The number of thiazole rings is 1. The zero-order chi connectivity index (χ0) is 21.3. The van der Waals surface area contributed by atoms with Crippen molar-refractivity contribution in [1.29, 1.82) is 0 Å². The molecule has 4 rings (SSSR count). The smallest absolute Gasteiger partial charge is 0.290 e. The fraction of sp³-hybridized carbons (Fsp3) is 0.150. The Kier molecular flexibility index (Phi) is 5.15. The number of benzene rings is 1. The molecule has 10 heteroatoms. The Morgan fingerprint density at radius 3 is 2.50 bits per heavy atom. The van der Waals surface area contributed by atoms with Gasteiger partial charge in [-0.2, -0.15) is 5.10 Å². The third-order valence-corrected chi connectivity index (χ3v) is 5.15. The molecule has 0 bridgehead atoms. The Hall–Kier alpha value is -3.79. The number of aromatic nitrogens is 3. The van der Waals surface area contributed by atoms with Gasteiger partial charge in [0, 0.05) is 10.8 Å². The second-order valence-corrected chi connectivity index (χ2v) is 7.52. The quantitative estimate of drug-likeness (QED) is 0.487. The summed E-state index contributed by atoms with van der Waals surface area (Å²) in [5.74, 6) is -0.677. The average Bonchev–Trinajstić information content (AvgIpc) is 3.43. The number of rotatable bonds is 4. The van der Waals surface area contributed by atoms with Gasteiger partial charge in [-0.25, -0.2) is 9.67 Å². The number of fused-ring (bicyclic) bond motifs is 1. The van der Waals surface area contributed by atoms with E-state index in [1.54, 1.807) is 55.6 Å². The average molecular weight is 423 g/mol. The summed E-state index contributed by atoms with van der Waals surface area (Å²) in [6.45, 7) is 3.59. The van der Waals surface area contributed by atoms with Crippen molar-refractivity contribution in [3.8, 4) is 10.8 Å². The van der Waals surface area contributed by atoms with Gasteiger partial charge in [-0.1, -0.05) is 18.2 Å². The third-order valence-electron chi connectivity index (χ3n) is 4.29. The molecule has 3 heterocycles. The van der Waals surface area contributed by atoms with Gasteiger partial charge in [0.1, 0.15) is 5.69 Å². The second-order valence-electron chi connectivity index (χ2n) is 6.66. The van der Waals surface area contributed by atoms with E-state index in [4.69, 9.17) is 4.42 Å². The summed E-state index contributed by atoms with van der Waals surface area (Å²) in [5, 5.41) is 7.09. The number of amides is 2. The van der Waals surface area contributed by atoms with Gasteiger partial charge >= 0.3 is 0 Å². The lowest BCUT2D eigenvalue weighted by Gasteiger charge is -2.13. The molecule has 30 heavy (non-hydrogen) atoms. The van der Waals surface area contributed by atoms with Gasteiger partial charge in [0.05, 0.1) is 17.7 Å². The Morgan fingerprint density at radius 1 is 1.07 bits per heavy atom. The number of hydrazine groups is 1. The third kappa shape index (κ3) is 3.60. The van der Waals surface area contributed by atoms with Gasteiger partial charge in [-0.3, -0.25) is 25.2 Å². The molecule has 2 amide bonds. The van der Waals surface area contributed by atoms with Crippen LogP contribution >= 0.6 is 11.3 Å². The highest BCUT2D eigenvalue weighted by Crippen LogP contribution is 2.23. The summed E-state index contributed by atoms with van der Waals surface area (Å²) in [7, 11) is 0. The summed E-state index contributed by atoms with van der Waals surface area (Å²) in [6, 6.07) is 9.94. The maximum Gasteiger partial charge on any atom is 0.290 e. The largest absolute Gasteiger partial charge is 0.462 e. The van der Waals surface area contributed by atoms with Gasteiger partial charge in [0.2, 0.25) is 0 Å². The number of nitrogens with one attached hydrogen (secondary N) is 2. The maximum absolute atomic E-state index is 12.7.